The van der Waals surface area contributed by atoms with E-state index in [2.05, 4.69) is 93.7 Å². The fraction of sp³-hybridized carbons (Fsp3) is 0.754. The predicted octanol–water partition coefficient (Wildman–Crippen LogP) is 19.0. The molecule has 0 amide bonds. The predicted molar refractivity (Wildman–Crippen MR) is 288 cm³/mol. The molecule has 0 saturated carbocycles. The maximum absolute atomic E-state index is 12.8. The molecule has 0 aliphatic heterocycles. The van der Waals surface area contributed by atoms with Crippen molar-refractivity contribution in [3.63, 3.8) is 0 Å². The van der Waals surface area contributed by atoms with E-state index >= 15 is 0 Å². The van der Waals surface area contributed by atoms with Gasteiger partial charge in [0.1, 0.15) is 13.2 Å². The first-order valence-electron chi connectivity index (χ1n) is 28.4. The lowest BCUT2D eigenvalue weighted by atomic mass is 10.1. The number of rotatable bonds is 51. The van der Waals surface area contributed by atoms with Gasteiger partial charge in [0, 0.05) is 19.3 Å². The van der Waals surface area contributed by atoms with E-state index in [9.17, 15) is 14.4 Å². The fourth-order valence-corrected chi connectivity index (χ4v) is 7.93. The molecule has 0 aliphatic rings. The zero-order valence-corrected chi connectivity index (χ0v) is 44.2. The highest BCUT2D eigenvalue weighted by molar-refractivity contribution is 5.71. The Hall–Kier alpha value is -3.15. The standard InChI is InChI=1S/C61H106O6/c1-4-7-10-13-16-19-22-24-25-26-27-28-29-30-31-32-33-34-35-37-39-42-45-48-51-54-60(63)66-57-58(56-65-59(62)53-50-47-44-41-38-21-18-15-12-9-6-3)67-61(64)55-52-49-46-43-40-36-23-20-17-14-11-8-5-2/h8,11,17,20,22,24,26-27,29-30,36,40,58H,4-7,9-10,12-16,18-19,21,23,25,28,31-35,37-39,41-57H2,1-3H3/b11-8-,20-17-,24-22-,27-26-,30-29-,40-36-. The summed E-state index contributed by atoms with van der Waals surface area (Å²) >= 11 is 0. The van der Waals surface area contributed by atoms with Gasteiger partial charge in [-0.3, -0.25) is 14.4 Å². The molecule has 0 aliphatic carbocycles. The summed E-state index contributed by atoms with van der Waals surface area (Å²) in [4.78, 5) is 38.0. The van der Waals surface area contributed by atoms with Crippen LogP contribution in [0, 0.1) is 0 Å². The van der Waals surface area contributed by atoms with Gasteiger partial charge in [-0.1, -0.05) is 241 Å². The molecule has 0 heterocycles. The third-order valence-electron chi connectivity index (χ3n) is 12.2. The smallest absolute Gasteiger partial charge is 0.306 e. The molecule has 0 radical (unpaired) electrons. The second-order valence-corrected chi connectivity index (χ2v) is 18.8. The molecule has 0 aromatic rings. The van der Waals surface area contributed by atoms with Gasteiger partial charge >= 0.3 is 17.9 Å². The Bertz CT molecular complexity index is 1260. The van der Waals surface area contributed by atoms with Gasteiger partial charge in [-0.25, -0.2) is 0 Å². The number of carbonyl (C=O) groups is 3. The third-order valence-corrected chi connectivity index (χ3v) is 12.2. The lowest BCUT2D eigenvalue weighted by Crippen LogP contribution is -2.30. The minimum absolute atomic E-state index is 0.0866. The van der Waals surface area contributed by atoms with Gasteiger partial charge in [0.15, 0.2) is 6.10 Å². The summed E-state index contributed by atoms with van der Waals surface area (Å²) < 4.78 is 16.8. The normalized spacial score (nSPS) is 12.6. The molecule has 386 valence electrons. The van der Waals surface area contributed by atoms with Gasteiger partial charge in [0.05, 0.1) is 0 Å². The van der Waals surface area contributed by atoms with Crippen molar-refractivity contribution in [3.05, 3.63) is 72.9 Å². The van der Waals surface area contributed by atoms with Crippen molar-refractivity contribution in [2.75, 3.05) is 13.2 Å². The van der Waals surface area contributed by atoms with E-state index in [4.69, 9.17) is 14.2 Å². The molecule has 0 saturated heterocycles. The van der Waals surface area contributed by atoms with Gasteiger partial charge in [-0.05, 0) is 89.9 Å². The van der Waals surface area contributed by atoms with E-state index in [1.807, 2.05) is 0 Å². The zero-order chi connectivity index (χ0) is 48.6. The molecule has 0 aromatic heterocycles. The van der Waals surface area contributed by atoms with Crippen molar-refractivity contribution in [2.24, 2.45) is 0 Å². The van der Waals surface area contributed by atoms with Crippen LogP contribution in [-0.4, -0.2) is 37.2 Å². The minimum atomic E-state index is -0.790. The van der Waals surface area contributed by atoms with Gasteiger partial charge in [0.2, 0.25) is 0 Å². The maximum atomic E-state index is 12.8. The molecule has 0 N–H and O–H groups in total. The van der Waals surface area contributed by atoms with E-state index in [1.54, 1.807) is 0 Å². The first-order valence-corrected chi connectivity index (χ1v) is 28.4. The van der Waals surface area contributed by atoms with Crippen molar-refractivity contribution < 1.29 is 28.6 Å². The molecule has 0 spiro atoms. The van der Waals surface area contributed by atoms with Gasteiger partial charge in [-0.15, -0.1) is 0 Å². The van der Waals surface area contributed by atoms with Crippen molar-refractivity contribution >= 4 is 17.9 Å². The van der Waals surface area contributed by atoms with Gasteiger partial charge in [-0.2, -0.15) is 0 Å². The summed E-state index contributed by atoms with van der Waals surface area (Å²) in [6.45, 7) is 6.49. The number of unbranched alkanes of at least 4 members (excludes halogenated alkanes) is 28. The van der Waals surface area contributed by atoms with Crippen LogP contribution in [0.1, 0.15) is 278 Å². The lowest BCUT2D eigenvalue weighted by Gasteiger charge is -2.18. The molecule has 0 fully saturated rings. The molecule has 0 aromatic carbocycles. The molecule has 6 nitrogen and oxygen atoms in total. The molecule has 6 heteroatoms. The quantitative estimate of drug-likeness (QED) is 0.0262. The monoisotopic (exact) mass is 935 g/mol. The third kappa shape index (κ3) is 53.7. The van der Waals surface area contributed by atoms with E-state index in [1.165, 1.54) is 141 Å². The van der Waals surface area contributed by atoms with Crippen LogP contribution in [0.2, 0.25) is 0 Å². The van der Waals surface area contributed by atoms with Crippen LogP contribution in [-0.2, 0) is 28.6 Å². The number of hydrogen-bond acceptors (Lipinski definition) is 6. The SMILES string of the molecule is CC/C=C\C/C=C\C/C=C\CCCCCC(=O)OC(COC(=O)CCCCCCCCCCCCC)COC(=O)CCCCCCCCCCCC/C=C\C/C=C\C/C=C\CCCCCCC. The summed E-state index contributed by atoms with van der Waals surface area (Å²) in [5.41, 5.74) is 0. The van der Waals surface area contributed by atoms with Gasteiger partial charge in [0.25, 0.3) is 0 Å². The highest BCUT2D eigenvalue weighted by Crippen LogP contribution is 2.15. The number of carbonyl (C=O) groups excluding carboxylic acids is 3. The first kappa shape index (κ1) is 63.8. The van der Waals surface area contributed by atoms with Crippen molar-refractivity contribution in [3.8, 4) is 0 Å². The van der Waals surface area contributed by atoms with Crippen LogP contribution >= 0.6 is 0 Å². The second kappa shape index (κ2) is 55.4. The Labute approximate surface area is 414 Å². The van der Waals surface area contributed by atoms with Crippen molar-refractivity contribution in [1.29, 1.82) is 0 Å². The molecular weight excluding hydrogens is 829 g/mol. The minimum Gasteiger partial charge on any atom is -0.462 e. The van der Waals surface area contributed by atoms with Crippen LogP contribution in [0.15, 0.2) is 72.9 Å². The van der Waals surface area contributed by atoms with Crippen molar-refractivity contribution in [1.82, 2.24) is 0 Å². The number of hydrogen-bond donors (Lipinski definition) is 0. The maximum Gasteiger partial charge on any atom is 0.306 e. The summed E-state index contributed by atoms with van der Waals surface area (Å²) in [5.74, 6) is -0.915. The van der Waals surface area contributed by atoms with E-state index in [0.29, 0.717) is 19.3 Å². The Morgan fingerprint density at radius 1 is 0.313 bits per heavy atom. The average Bonchev–Trinajstić information content (AvgIpc) is 3.33. The van der Waals surface area contributed by atoms with Crippen molar-refractivity contribution in [2.45, 2.75) is 284 Å². The summed E-state index contributed by atoms with van der Waals surface area (Å²) in [6.07, 6.45) is 70.4. The summed E-state index contributed by atoms with van der Waals surface area (Å²) in [5, 5.41) is 0. The highest BCUT2D eigenvalue weighted by atomic mass is 16.6. The first-order chi connectivity index (χ1) is 33.0. The van der Waals surface area contributed by atoms with Crippen LogP contribution in [0.3, 0.4) is 0 Å². The van der Waals surface area contributed by atoms with Crippen LogP contribution in [0.4, 0.5) is 0 Å². The van der Waals surface area contributed by atoms with E-state index in [-0.39, 0.29) is 31.1 Å². The Balaban J connectivity index is 4.27. The molecule has 67 heavy (non-hydrogen) atoms. The molecule has 0 rings (SSSR count). The van der Waals surface area contributed by atoms with Crippen LogP contribution < -0.4 is 0 Å². The number of ether oxygens (including phenoxy) is 3. The highest BCUT2D eigenvalue weighted by Gasteiger charge is 2.19. The van der Waals surface area contributed by atoms with Gasteiger partial charge < -0.3 is 14.2 Å². The van der Waals surface area contributed by atoms with Crippen LogP contribution in [0.5, 0.6) is 0 Å². The summed E-state index contributed by atoms with van der Waals surface area (Å²) in [6, 6.07) is 0. The Morgan fingerprint density at radius 2 is 0.582 bits per heavy atom. The van der Waals surface area contributed by atoms with Crippen LogP contribution in [0.25, 0.3) is 0 Å². The number of esters is 3. The average molecular weight is 936 g/mol. The fourth-order valence-electron chi connectivity index (χ4n) is 7.93. The zero-order valence-electron chi connectivity index (χ0n) is 44.2. The molecular formula is C61H106O6. The number of allylic oxidation sites excluding steroid dienone is 12. The topological polar surface area (TPSA) is 78.9 Å². The Kier molecular flexibility index (Phi) is 52.8. The summed E-state index contributed by atoms with van der Waals surface area (Å²) in [7, 11) is 0. The largest absolute Gasteiger partial charge is 0.462 e. The second-order valence-electron chi connectivity index (χ2n) is 18.8. The molecule has 1 unspecified atom stereocenters. The van der Waals surface area contributed by atoms with E-state index in [0.717, 1.165) is 96.3 Å². The molecule has 1 atom stereocenters. The van der Waals surface area contributed by atoms with E-state index < -0.39 is 6.10 Å². The Morgan fingerprint density at radius 3 is 0.925 bits per heavy atom. The molecule has 0 bridgehead atoms. The lowest BCUT2D eigenvalue weighted by molar-refractivity contribution is -0.167.